The van der Waals surface area contributed by atoms with Crippen LogP contribution in [0.3, 0.4) is 0 Å². The van der Waals surface area contributed by atoms with Crippen molar-refractivity contribution in [2.45, 2.75) is 18.4 Å². The van der Waals surface area contributed by atoms with Crippen molar-refractivity contribution in [3.8, 4) is 0 Å². The van der Waals surface area contributed by atoms with Gasteiger partial charge in [-0.05, 0) is 11.1 Å². The SMILES string of the molecule is c1ccc(CC2(Cc3ccccc3)CNCCO2)cc1. The van der Waals surface area contributed by atoms with Crippen molar-refractivity contribution < 1.29 is 4.74 Å². The quantitative estimate of drug-likeness (QED) is 0.919. The molecule has 1 aliphatic rings. The highest BCUT2D eigenvalue weighted by atomic mass is 16.5. The van der Waals surface area contributed by atoms with Crippen LogP contribution in [0.4, 0.5) is 0 Å². The summed E-state index contributed by atoms with van der Waals surface area (Å²) >= 11 is 0. The Labute approximate surface area is 120 Å². The zero-order valence-electron chi connectivity index (χ0n) is 11.7. The summed E-state index contributed by atoms with van der Waals surface area (Å²) in [5, 5.41) is 3.49. The lowest BCUT2D eigenvalue weighted by atomic mass is 9.87. The van der Waals surface area contributed by atoms with Crippen LogP contribution in [-0.4, -0.2) is 25.3 Å². The third-order valence-electron chi connectivity index (χ3n) is 3.87. The summed E-state index contributed by atoms with van der Waals surface area (Å²) in [4.78, 5) is 0. The predicted octanol–water partition coefficient (Wildman–Crippen LogP) is 2.83. The van der Waals surface area contributed by atoms with Crippen molar-refractivity contribution in [3.05, 3.63) is 71.8 Å². The molecule has 1 heterocycles. The Morgan fingerprint density at radius 1 is 0.850 bits per heavy atom. The minimum Gasteiger partial charge on any atom is -0.372 e. The molecule has 2 aromatic carbocycles. The standard InChI is InChI=1S/C18H21NO/c1-3-7-16(8-4-1)13-18(15-19-11-12-20-18)14-17-9-5-2-6-10-17/h1-10,19H,11-15H2. The van der Waals surface area contributed by atoms with Gasteiger partial charge in [0.05, 0.1) is 12.2 Å². The fourth-order valence-electron chi connectivity index (χ4n) is 2.93. The van der Waals surface area contributed by atoms with Gasteiger partial charge in [-0.15, -0.1) is 0 Å². The van der Waals surface area contributed by atoms with Gasteiger partial charge in [-0.1, -0.05) is 60.7 Å². The first-order valence-electron chi connectivity index (χ1n) is 7.29. The molecule has 0 atom stereocenters. The van der Waals surface area contributed by atoms with E-state index >= 15 is 0 Å². The number of hydrogen-bond donors (Lipinski definition) is 1. The topological polar surface area (TPSA) is 21.3 Å². The van der Waals surface area contributed by atoms with Crippen LogP contribution in [0, 0.1) is 0 Å². The molecular weight excluding hydrogens is 246 g/mol. The molecule has 2 heteroatoms. The zero-order chi connectivity index (χ0) is 13.7. The molecule has 1 N–H and O–H groups in total. The Hall–Kier alpha value is -1.64. The first-order chi connectivity index (χ1) is 9.86. The maximum absolute atomic E-state index is 6.21. The molecule has 0 bridgehead atoms. The van der Waals surface area contributed by atoms with Crippen LogP contribution in [0.5, 0.6) is 0 Å². The number of hydrogen-bond acceptors (Lipinski definition) is 2. The molecule has 2 aromatic rings. The number of nitrogens with one attached hydrogen (secondary N) is 1. The summed E-state index contributed by atoms with van der Waals surface area (Å²) in [5.41, 5.74) is 2.56. The van der Waals surface area contributed by atoms with E-state index in [1.165, 1.54) is 11.1 Å². The normalized spacial score (nSPS) is 17.8. The monoisotopic (exact) mass is 267 g/mol. The minimum atomic E-state index is -0.124. The second-order valence-corrected chi connectivity index (χ2v) is 5.53. The lowest BCUT2D eigenvalue weighted by Gasteiger charge is -2.38. The number of rotatable bonds is 4. The van der Waals surface area contributed by atoms with Crippen molar-refractivity contribution in [1.29, 1.82) is 0 Å². The molecule has 2 nitrogen and oxygen atoms in total. The summed E-state index contributed by atoms with van der Waals surface area (Å²) < 4.78 is 6.21. The molecule has 0 aromatic heterocycles. The van der Waals surface area contributed by atoms with Crippen LogP contribution < -0.4 is 5.32 Å². The maximum Gasteiger partial charge on any atom is 0.0887 e. The fraction of sp³-hybridized carbons (Fsp3) is 0.333. The van der Waals surface area contributed by atoms with Gasteiger partial charge in [0.15, 0.2) is 0 Å². The minimum absolute atomic E-state index is 0.124. The molecule has 1 saturated heterocycles. The molecule has 0 spiro atoms. The van der Waals surface area contributed by atoms with Crippen LogP contribution in [0.2, 0.25) is 0 Å². The average molecular weight is 267 g/mol. The molecule has 0 unspecified atom stereocenters. The van der Waals surface area contributed by atoms with E-state index in [1.54, 1.807) is 0 Å². The summed E-state index contributed by atoms with van der Waals surface area (Å²) in [7, 11) is 0. The second kappa shape index (κ2) is 6.21. The van der Waals surface area contributed by atoms with E-state index in [-0.39, 0.29) is 5.60 Å². The Kier molecular flexibility index (Phi) is 4.14. The summed E-state index contributed by atoms with van der Waals surface area (Å²) in [6.45, 7) is 2.65. The third kappa shape index (κ3) is 3.27. The summed E-state index contributed by atoms with van der Waals surface area (Å²) in [5.74, 6) is 0. The third-order valence-corrected chi connectivity index (χ3v) is 3.87. The van der Waals surface area contributed by atoms with Gasteiger partial charge in [-0.2, -0.15) is 0 Å². The Bertz CT molecular complexity index is 474. The van der Waals surface area contributed by atoms with Crippen LogP contribution in [0.15, 0.2) is 60.7 Å². The molecule has 0 saturated carbocycles. The zero-order valence-corrected chi connectivity index (χ0v) is 11.7. The van der Waals surface area contributed by atoms with E-state index in [9.17, 15) is 0 Å². The number of morpholine rings is 1. The van der Waals surface area contributed by atoms with Crippen LogP contribution in [0.25, 0.3) is 0 Å². The van der Waals surface area contributed by atoms with Crippen molar-refractivity contribution in [1.82, 2.24) is 5.32 Å². The molecular formula is C18H21NO. The molecule has 0 aliphatic carbocycles. The molecule has 1 fully saturated rings. The smallest absolute Gasteiger partial charge is 0.0887 e. The van der Waals surface area contributed by atoms with Crippen LogP contribution in [-0.2, 0) is 17.6 Å². The molecule has 104 valence electrons. The van der Waals surface area contributed by atoms with E-state index in [0.717, 1.165) is 32.5 Å². The molecule has 3 rings (SSSR count). The lowest BCUT2D eigenvalue weighted by Crippen LogP contribution is -2.52. The van der Waals surface area contributed by atoms with Gasteiger partial charge in [0.1, 0.15) is 0 Å². The van der Waals surface area contributed by atoms with Crippen LogP contribution >= 0.6 is 0 Å². The summed E-state index contributed by atoms with van der Waals surface area (Å²) in [6.07, 6.45) is 1.91. The van der Waals surface area contributed by atoms with Crippen molar-refractivity contribution in [2.24, 2.45) is 0 Å². The average Bonchev–Trinajstić information content (AvgIpc) is 2.50. The van der Waals surface area contributed by atoms with E-state index < -0.39 is 0 Å². The lowest BCUT2D eigenvalue weighted by molar-refractivity contribution is -0.0649. The van der Waals surface area contributed by atoms with Gasteiger partial charge >= 0.3 is 0 Å². The number of benzene rings is 2. The van der Waals surface area contributed by atoms with Crippen molar-refractivity contribution >= 4 is 0 Å². The molecule has 20 heavy (non-hydrogen) atoms. The van der Waals surface area contributed by atoms with E-state index in [2.05, 4.69) is 66.0 Å². The van der Waals surface area contributed by atoms with E-state index in [0.29, 0.717) is 0 Å². The highest BCUT2D eigenvalue weighted by Crippen LogP contribution is 2.24. The Morgan fingerprint density at radius 2 is 1.40 bits per heavy atom. The van der Waals surface area contributed by atoms with E-state index in [4.69, 9.17) is 4.74 Å². The Balaban J connectivity index is 1.81. The maximum atomic E-state index is 6.21. The highest BCUT2D eigenvalue weighted by molar-refractivity contribution is 5.22. The predicted molar refractivity (Wildman–Crippen MR) is 81.8 cm³/mol. The fourth-order valence-corrected chi connectivity index (χ4v) is 2.93. The summed E-state index contributed by atoms with van der Waals surface area (Å²) in [6, 6.07) is 21.3. The molecule has 1 aliphatic heterocycles. The first kappa shape index (κ1) is 13.3. The van der Waals surface area contributed by atoms with Gasteiger partial charge < -0.3 is 10.1 Å². The van der Waals surface area contributed by atoms with Gasteiger partial charge in [0, 0.05) is 25.9 Å². The van der Waals surface area contributed by atoms with E-state index in [1.807, 2.05) is 0 Å². The van der Waals surface area contributed by atoms with Crippen molar-refractivity contribution in [3.63, 3.8) is 0 Å². The second-order valence-electron chi connectivity index (χ2n) is 5.53. The van der Waals surface area contributed by atoms with Gasteiger partial charge in [0.25, 0.3) is 0 Å². The largest absolute Gasteiger partial charge is 0.372 e. The van der Waals surface area contributed by atoms with Crippen molar-refractivity contribution in [2.75, 3.05) is 19.7 Å². The molecule has 0 amide bonds. The van der Waals surface area contributed by atoms with Gasteiger partial charge in [0.2, 0.25) is 0 Å². The molecule has 0 radical (unpaired) electrons. The van der Waals surface area contributed by atoms with Crippen LogP contribution in [0.1, 0.15) is 11.1 Å². The van der Waals surface area contributed by atoms with Gasteiger partial charge in [-0.25, -0.2) is 0 Å². The van der Waals surface area contributed by atoms with Gasteiger partial charge in [-0.3, -0.25) is 0 Å². The number of ether oxygens (including phenoxy) is 1. The Morgan fingerprint density at radius 3 is 1.85 bits per heavy atom. The first-order valence-corrected chi connectivity index (χ1v) is 7.29. The highest BCUT2D eigenvalue weighted by Gasteiger charge is 2.33.